The third kappa shape index (κ3) is 5.80. The van der Waals surface area contributed by atoms with Gasteiger partial charge in [-0.05, 0) is 50.3 Å². The lowest BCUT2D eigenvalue weighted by atomic mass is 10.1. The van der Waals surface area contributed by atoms with E-state index in [9.17, 15) is 0 Å². The van der Waals surface area contributed by atoms with E-state index >= 15 is 0 Å². The fraction of sp³-hybridized carbons (Fsp3) is 0.471. The minimum atomic E-state index is 0.499. The summed E-state index contributed by atoms with van der Waals surface area (Å²) in [7, 11) is 0. The summed E-state index contributed by atoms with van der Waals surface area (Å²) in [5.74, 6) is 0.933. The Kier molecular flexibility index (Phi) is 6.61. The van der Waals surface area contributed by atoms with Crippen molar-refractivity contribution in [2.75, 3.05) is 13.1 Å². The molecule has 0 saturated heterocycles. The fourth-order valence-corrected chi connectivity index (χ4v) is 2.50. The molecule has 0 unspecified atom stereocenters. The Morgan fingerprint density at radius 1 is 1.24 bits per heavy atom. The van der Waals surface area contributed by atoms with Crippen LogP contribution in [0.4, 0.5) is 0 Å². The minimum Gasteiger partial charge on any atom is -0.357 e. The van der Waals surface area contributed by atoms with Gasteiger partial charge in [-0.15, -0.1) is 0 Å². The molecule has 0 aliphatic heterocycles. The van der Waals surface area contributed by atoms with Crippen LogP contribution in [0.3, 0.4) is 0 Å². The number of halogens is 1. The number of benzene rings is 1. The van der Waals surface area contributed by atoms with Gasteiger partial charge in [-0.1, -0.05) is 35.9 Å². The maximum atomic E-state index is 5.89. The third-order valence-electron chi connectivity index (χ3n) is 3.50. The summed E-state index contributed by atoms with van der Waals surface area (Å²) in [4.78, 5) is 4.65. The van der Waals surface area contributed by atoms with Crippen LogP contribution in [-0.2, 0) is 6.42 Å². The molecule has 2 rings (SSSR count). The van der Waals surface area contributed by atoms with Gasteiger partial charge in [0.15, 0.2) is 5.96 Å². The van der Waals surface area contributed by atoms with Gasteiger partial charge in [0.25, 0.3) is 0 Å². The van der Waals surface area contributed by atoms with Gasteiger partial charge in [-0.2, -0.15) is 0 Å². The average molecular weight is 306 g/mol. The number of aliphatic imine (C=N–C) groups is 1. The minimum absolute atomic E-state index is 0.499. The molecule has 2 N–H and O–H groups in total. The molecule has 0 fully saturated rings. The Balaban J connectivity index is 1.74. The predicted octanol–water partition coefficient (Wildman–Crippen LogP) is 3.55. The Hall–Kier alpha value is -1.48. The van der Waals surface area contributed by atoms with Gasteiger partial charge in [0.2, 0.25) is 0 Å². The molecule has 114 valence electrons. The van der Waals surface area contributed by atoms with Gasteiger partial charge in [-0.3, -0.25) is 4.99 Å². The molecule has 1 aromatic rings. The van der Waals surface area contributed by atoms with Gasteiger partial charge in [0.1, 0.15) is 0 Å². The summed E-state index contributed by atoms with van der Waals surface area (Å²) in [5, 5.41) is 7.58. The smallest absolute Gasteiger partial charge is 0.191 e. The molecular formula is C17H24ClN3. The number of nitrogens with one attached hydrogen (secondary N) is 2. The first-order valence-electron chi connectivity index (χ1n) is 7.72. The molecule has 0 spiro atoms. The van der Waals surface area contributed by atoms with E-state index in [1.807, 2.05) is 12.1 Å². The zero-order valence-electron chi connectivity index (χ0n) is 12.6. The molecule has 0 saturated carbocycles. The normalized spacial score (nSPS) is 15.4. The lowest BCUT2D eigenvalue weighted by Gasteiger charge is -2.16. The van der Waals surface area contributed by atoms with Crippen LogP contribution in [0.25, 0.3) is 0 Å². The number of guanidine groups is 1. The zero-order valence-corrected chi connectivity index (χ0v) is 13.4. The topological polar surface area (TPSA) is 36.4 Å². The Labute approximate surface area is 132 Å². The van der Waals surface area contributed by atoms with Crippen LogP contribution in [0.15, 0.2) is 41.4 Å². The van der Waals surface area contributed by atoms with E-state index in [-0.39, 0.29) is 0 Å². The summed E-state index contributed by atoms with van der Waals surface area (Å²) in [6, 6.07) is 8.55. The molecule has 0 atom stereocenters. The molecule has 0 bridgehead atoms. The maximum absolute atomic E-state index is 5.89. The highest BCUT2D eigenvalue weighted by molar-refractivity contribution is 6.30. The Bertz CT molecular complexity index is 471. The summed E-state index contributed by atoms with van der Waals surface area (Å²) in [5.41, 5.74) is 1.31. The van der Waals surface area contributed by atoms with Crippen LogP contribution in [0.1, 0.15) is 31.7 Å². The van der Waals surface area contributed by atoms with Gasteiger partial charge < -0.3 is 10.6 Å². The first-order valence-corrected chi connectivity index (χ1v) is 8.10. The molecule has 0 aromatic heterocycles. The Morgan fingerprint density at radius 2 is 1.95 bits per heavy atom. The quantitative estimate of drug-likeness (QED) is 0.365. The lowest BCUT2D eigenvalue weighted by Crippen LogP contribution is -2.42. The van der Waals surface area contributed by atoms with E-state index in [1.54, 1.807) is 0 Å². The maximum Gasteiger partial charge on any atom is 0.191 e. The van der Waals surface area contributed by atoms with Crippen molar-refractivity contribution in [2.45, 2.75) is 38.6 Å². The first kappa shape index (κ1) is 15.9. The summed E-state index contributed by atoms with van der Waals surface area (Å²) < 4.78 is 0. The van der Waals surface area contributed by atoms with Crippen LogP contribution in [0.5, 0.6) is 0 Å². The highest BCUT2D eigenvalue weighted by Gasteiger charge is 2.11. The van der Waals surface area contributed by atoms with Gasteiger partial charge >= 0.3 is 0 Å². The van der Waals surface area contributed by atoms with Crippen LogP contribution >= 0.6 is 11.6 Å². The van der Waals surface area contributed by atoms with E-state index in [0.717, 1.165) is 49.8 Å². The Morgan fingerprint density at radius 3 is 2.62 bits per heavy atom. The number of nitrogens with zero attached hydrogens (tertiary/aromatic N) is 1. The van der Waals surface area contributed by atoms with E-state index in [1.165, 1.54) is 5.56 Å². The molecule has 0 radical (unpaired) electrons. The van der Waals surface area contributed by atoms with E-state index in [2.05, 4.69) is 46.8 Å². The van der Waals surface area contributed by atoms with Crippen molar-refractivity contribution in [3.8, 4) is 0 Å². The van der Waals surface area contributed by atoms with Gasteiger partial charge in [-0.25, -0.2) is 0 Å². The molecule has 1 aliphatic rings. The van der Waals surface area contributed by atoms with E-state index < -0.39 is 0 Å². The molecule has 3 nitrogen and oxygen atoms in total. The molecule has 1 aliphatic carbocycles. The van der Waals surface area contributed by atoms with Crippen molar-refractivity contribution in [1.82, 2.24) is 10.6 Å². The van der Waals surface area contributed by atoms with Gasteiger partial charge in [0, 0.05) is 24.2 Å². The standard InChI is InChI=1S/C17H24ClN3/c1-2-19-17(21-16-7-3-4-8-16)20-13-5-6-14-9-11-15(18)12-10-14/h3-4,9-12,16H,2,5-8,13H2,1H3,(H2,19,20,21). The third-order valence-corrected chi connectivity index (χ3v) is 3.75. The largest absolute Gasteiger partial charge is 0.357 e. The summed E-state index contributed by atoms with van der Waals surface area (Å²) in [6.45, 7) is 3.82. The van der Waals surface area contributed by atoms with Gasteiger partial charge in [0.05, 0.1) is 0 Å². The average Bonchev–Trinajstić information content (AvgIpc) is 2.98. The number of rotatable bonds is 6. The highest BCUT2D eigenvalue weighted by atomic mass is 35.5. The predicted molar refractivity (Wildman–Crippen MR) is 91.0 cm³/mol. The molecule has 0 heterocycles. The van der Waals surface area contributed by atoms with E-state index in [4.69, 9.17) is 11.6 Å². The fourth-order valence-electron chi connectivity index (χ4n) is 2.37. The zero-order chi connectivity index (χ0) is 14.9. The highest BCUT2D eigenvalue weighted by Crippen LogP contribution is 2.11. The molecule has 1 aromatic carbocycles. The van der Waals surface area contributed by atoms with Crippen LogP contribution < -0.4 is 10.6 Å². The second-order valence-corrected chi connectivity index (χ2v) is 5.71. The van der Waals surface area contributed by atoms with Crippen LogP contribution in [0.2, 0.25) is 5.02 Å². The SMILES string of the molecule is CCNC(=NCCCc1ccc(Cl)cc1)NC1CC=CC1. The summed E-state index contributed by atoms with van der Waals surface area (Å²) in [6.07, 6.45) is 8.71. The van der Waals surface area contributed by atoms with Crippen molar-refractivity contribution in [2.24, 2.45) is 4.99 Å². The molecule has 0 amide bonds. The second-order valence-electron chi connectivity index (χ2n) is 5.27. The van der Waals surface area contributed by atoms with Crippen molar-refractivity contribution in [3.63, 3.8) is 0 Å². The second kappa shape index (κ2) is 8.73. The van der Waals surface area contributed by atoms with Crippen molar-refractivity contribution < 1.29 is 0 Å². The van der Waals surface area contributed by atoms with Crippen molar-refractivity contribution in [3.05, 3.63) is 47.0 Å². The molecular weight excluding hydrogens is 282 g/mol. The van der Waals surface area contributed by atoms with Crippen LogP contribution in [0, 0.1) is 0 Å². The van der Waals surface area contributed by atoms with E-state index in [0.29, 0.717) is 6.04 Å². The number of aryl methyl sites for hydroxylation is 1. The van der Waals surface area contributed by atoms with Crippen molar-refractivity contribution >= 4 is 17.6 Å². The number of hydrogen-bond donors (Lipinski definition) is 2. The lowest BCUT2D eigenvalue weighted by molar-refractivity contribution is 0.632. The summed E-state index contributed by atoms with van der Waals surface area (Å²) >= 11 is 5.89. The molecule has 4 heteroatoms. The monoisotopic (exact) mass is 305 g/mol. The van der Waals surface area contributed by atoms with Crippen molar-refractivity contribution in [1.29, 1.82) is 0 Å². The number of hydrogen-bond acceptors (Lipinski definition) is 1. The first-order chi connectivity index (χ1) is 10.3. The molecule has 21 heavy (non-hydrogen) atoms. The van der Waals surface area contributed by atoms with Crippen LogP contribution in [-0.4, -0.2) is 25.1 Å².